The Morgan fingerprint density at radius 2 is 1.91 bits per heavy atom. The normalized spacial score (nSPS) is 25.2. The van der Waals surface area contributed by atoms with Crippen LogP contribution in [0.1, 0.15) is 44.6 Å². The first-order chi connectivity index (χ1) is 10.4. The molecule has 0 saturated carbocycles. The topological polar surface area (TPSA) is 49.4 Å². The lowest BCUT2D eigenvalue weighted by atomic mass is 10.0. The second-order valence-electron chi connectivity index (χ2n) is 6.56. The predicted molar refractivity (Wildman–Crippen MR) is 96.1 cm³/mol. The summed E-state index contributed by atoms with van der Waals surface area (Å²) in [5, 5.41) is 3.66. The molecule has 2 unspecified atom stereocenters. The van der Waals surface area contributed by atoms with E-state index in [0.29, 0.717) is 5.02 Å². The molecule has 7 heteroatoms. The van der Waals surface area contributed by atoms with Gasteiger partial charge in [-0.3, -0.25) is 0 Å². The van der Waals surface area contributed by atoms with E-state index in [9.17, 15) is 8.42 Å². The van der Waals surface area contributed by atoms with Gasteiger partial charge in [0.1, 0.15) is 4.90 Å². The van der Waals surface area contributed by atoms with Crippen molar-refractivity contribution in [1.29, 1.82) is 0 Å². The minimum atomic E-state index is -3.55. The van der Waals surface area contributed by atoms with Crippen LogP contribution in [-0.2, 0) is 10.0 Å². The number of fused-ring (bicyclic) bond motifs is 2. The van der Waals surface area contributed by atoms with Crippen molar-refractivity contribution in [2.75, 3.05) is 13.1 Å². The summed E-state index contributed by atoms with van der Waals surface area (Å²) < 4.78 is 28.1. The van der Waals surface area contributed by atoms with E-state index in [1.54, 1.807) is 16.4 Å². The Kier molecular flexibility index (Phi) is 6.01. The molecule has 2 heterocycles. The minimum Gasteiger partial charge on any atom is -0.315 e. The lowest BCUT2D eigenvalue weighted by molar-refractivity contribution is 0.334. The van der Waals surface area contributed by atoms with Gasteiger partial charge in [-0.25, -0.2) is 8.42 Å². The molecule has 0 aromatic heterocycles. The van der Waals surface area contributed by atoms with Crippen LogP contribution in [-0.4, -0.2) is 37.9 Å². The molecule has 4 nitrogen and oxygen atoms in total. The first-order valence-electron chi connectivity index (χ1n) is 7.95. The molecule has 3 rings (SSSR count). The van der Waals surface area contributed by atoms with Crippen LogP contribution in [0.3, 0.4) is 0 Å². The van der Waals surface area contributed by atoms with Crippen LogP contribution in [0.25, 0.3) is 0 Å². The Hall–Kier alpha value is -0.330. The van der Waals surface area contributed by atoms with E-state index in [4.69, 9.17) is 11.6 Å². The van der Waals surface area contributed by atoms with E-state index in [1.165, 1.54) is 0 Å². The van der Waals surface area contributed by atoms with E-state index in [0.717, 1.165) is 37.9 Å². The van der Waals surface area contributed by atoms with Gasteiger partial charge in [-0.1, -0.05) is 31.5 Å². The molecule has 130 valence electrons. The number of hydrogen-bond donors (Lipinski definition) is 1. The molecule has 2 fully saturated rings. The lowest BCUT2D eigenvalue weighted by Gasteiger charge is -2.27. The number of benzene rings is 1. The third kappa shape index (κ3) is 3.54. The van der Waals surface area contributed by atoms with Crippen LogP contribution >= 0.6 is 24.0 Å². The van der Waals surface area contributed by atoms with Gasteiger partial charge in [0.2, 0.25) is 10.0 Å². The van der Waals surface area contributed by atoms with Crippen LogP contribution in [0.5, 0.6) is 0 Å². The largest absolute Gasteiger partial charge is 0.315 e. The summed E-state index contributed by atoms with van der Waals surface area (Å²) in [5.74, 6) is 0.272. The maximum atomic E-state index is 13.2. The van der Waals surface area contributed by atoms with E-state index in [-0.39, 0.29) is 35.3 Å². The number of nitrogens with zero attached hydrogens (tertiary/aromatic N) is 1. The van der Waals surface area contributed by atoms with E-state index in [1.807, 2.05) is 6.07 Å². The number of sulfonamides is 1. The molecule has 2 aliphatic heterocycles. The van der Waals surface area contributed by atoms with Gasteiger partial charge in [0.05, 0.1) is 5.02 Å². The summed E-state index contributed by atoms with van der Waals surface area (Å²) in [5.41, 5.74) is 1.00. The van der Waals surface area contributed by atoms with Crippen LogP contribution < -0.4 is 5.32 Å². The molecule has 1 N–H and O–H groups in total. The van der Waals surface area contributed by atoms with Crippen molar-refractivity contribution in [2.24, 2.45) is 0 Å². The van der Waals surface area contributed by atoms with Gasteiger partial charge in [-0.05, 0) is 49.4 Å². The van der Waals surface area contributed by atoms with Crippen molar-refractivity contribution < 1.29 is 8.42 Å². The van der Waals surface area contributed by atoms with Crippen LogP contribution in [0.4, 0.5) is 0 Å². The fourth-order valence-corrected chi connectivity index (χ4v) is 5.93. The summed E-state index contributed by atoms with van der Waals surface area (Å²) in [6.07, 6.45) is 2.75. The van der Waals surface area contributed by atoms with Gasteiger partial charge < -0.3 is 5.32 Å². The molecule has 0 spiro atoms. The van der Waals surface area contributed by atoms with Gasteiger partial charge in [-0.15, -0.1) is 12.4 Å². The smallest absolute Gasteiger partial charge is 0.245 e. The highest BCUT2D eigenvalue weighted by Crippen LogP contribution is 2.36. The van der Waals surface area contributed by atoms with Gasteiger partial charge in [0.15, 0.2) is 0 Å². The standard InChI is InChI=1S/C16H23ClN2O2S.ClH/c1-11(2)12-3-6-15(17)16(9-12)22(20,21)19-13-4-5-14(19)10-18-8-7-13;/h3,6,9,11,13-14,18H,4-5,7-8,10H2,1-2H3;1H. The highest BCUT2D eigenvalue weighted by molar-refractivity contribution is 7.89. The Morgan fingerprint density at radius 3 is 2.61 bits per heavy atom. The van der Waals surface area contributed by atoms with E-state index >= 15 is 0 Å². The molecule has 23 heavy (non-hydrogen) atoms. The molecule has 0 aliphatic carbocycles. The average molecular weight is 379 g/mol. The second-order valence-corrected chi connectivity index (χ2v) is 8.78. The number of nitrogens with one attached hydrogen (secondary N) is 1. The third-order valence-corrected chi connectivity index (χ3v) is 7.25. The fourth-order valence-electron chi connectivity index (χ4n) is 3.52. The van der Waals surface area contributed by atoms with Crippen molar-refractivity contribution in [3.63, 3.8) is 0 Å². The SMILES string of the molecule is CC(C)c1ccc(Cl)c(S(=O)(=O)N2C3CCNCC2CC3)c1.Cl. The lowest BCUT2D eigenvalue weighted by Crippen LogP contribution is -2.42. The number of halogens is 2. The van der Waals surface area contributed by atoms with Crippen molar-refractivity contribution in [1.82, 2.24) is 9.62 Å². The van der Waals surface area contributed by atoms with Crippen LogP contribution in [0.15, 0.2) is 23.1 Å². The molecule has 0 radical (unpaired) electrons. The predicted octanol–water partition coefficient (Wildman–Crippen LogP) is 3.40. The van der Waals surface area contributed by atoms with Gasteiger partial charge in [-0.2, -0.15) is 4.31 Å². The zero-order chi connectivity index (χ0) is 15.9. The molecular formula is C16H24Cl2N2O2S. The highest BCUT2D eigenvalue weighted by Gasteiger charge is 2.43. The molecule has 1 aromatic rings. The van der Waals surface area contributed by atoms with Crippen molar-refractivity contribution >= 4 is 34.0 Å². The fraction of sp³-hybridized carbons (Fsp3) is 0.625. The molecule has 2 bridgehead atoms. The monoisotopic (exact) mass is 378 g/mol. The molecule has 2 atom stereocenters. The summed E-state index contributed by atoms with van der Waals surface area (Å²) >= 11 is 6.24. The molecular weight excluding hydrogens is 355 g/mol. The minimum absolute atomic E-state index is 0. The van der Waals surface area contributed by atoms with E-state index < -0.39 is 10.0 Å². The zero-order valence-corrected chi connectivity index (χ0v) is 15.8. The maximum absolute atomic E-state index is 13.2. The van der Waals surface area contributed by atoms with Crippen molar-refractivity contribution in [3.05, 3.63) is 28.8 Å². The molecule has 0 amide bonds. The van der Waals surface area contributed by atoms with Gasteiger partial charge >= 0.3 is 0 Å². The van der Waals surface area contributed by atoms with E-state index in [2.05, 4.69) is 19.2 Å². The van der Waals surface area contributed by atoms with Crippen molar-refractivity contribution in [2.45, 2.75) is 56.0 Å². The second kappa shape index (κ2) is 7.28. The Labute approximate surface area is 150 Å². The number of hydrogen-bond acceptors (Lipinski definition) is 3. The number of rotatable bonds is 3. The molecule has 1 aromatic carbocycles. The summed E-state index contributed by atoms with van der Waals surface area (Å²) in [7, 11) is -3.55. The summed E-state index contributed by atoms with van der Waals surface area (Å²) in [4.78, 5) is 0.263. The average Bonchev–Trinajstić information content (AvgIpc) is 2.72. The maximum Gasteiger partial charge on any atom is 0.245 e. The summed E-state index contributed by atoms with van der Waals surface area (Å²) in [6, 6.07) is 5.52. The Balaban J connectivity index is 0.00000192. The van der Waals surface area contributed by atoms with Crippen LogP contribution in [0.2, 0.25) is 5.02 Å². The van der Waals surface area contributed by atoms with Gasteiger partial charge in [0, 0.05) is 18.6 Å². The van der Waals surface area contributed by atoms with Crippen LogP contribution in [0, 0.1) is 0 Å². The highest BCUT2D eigenvalue weighted by atomic mass is 35.5. The third-order valence-electron chi connectivity index (χ3n) is 4.76. The van der Waals surface area contributed by atoms with Gasteiger partial charge in [0.25, 0.3) is 0 Å². The summed E-state index contributed by atoms with van der Waals surface area (Å²) in [6.45, 7) is 5.72. The first kappa shape index (κ1) is 19.0. The molecule has 2 aliphatic rings. The Morgan fingerprint density at radius 1 is 1.22 bits per heavy atom. The Bertz CT molecular complexity index is 650. The molecule has 2 saturated heterocycles. The quantitative estimate of drug-likeness (QED) is 0.876. The van der Waals surface area contributed by atoms with Crippen molar-refractivity contribution in [3.8, 4) is 0 Å². The zero-order valence-electron chi connectivity index (χ0n) is 13.5. The first-order valence-corrected chi connectivity index (χ1v) is 9.76.